The van der Waals surface area contributed by atoms with Crippen LogP contribution in [0.2, 0.25) is 10.0 Å². The van der Waals surface area contributed by atoms with E-state index >= 15 is 0 Å². The van der Waals surface area contributed by atoms with Crippen molar-refractivity contribution < 1.29 is 9.53 Å². The number of hydrogen-bond donors (Lipinski definition) is 1. The summed E-state index contributed by atoms with van der Waals surface area (Å²) in [5.74, 6) is 0.145. The fourth-order valence-corrected chi connectivity index (χ4v) is 3.19. The first-order valence-electron chi connectivity index (χ1n) is 8.35. The Balaban J connectivity index is 1.53. The highest BCUT2D eigenvalue weighted by Crippen LogP contribution is 2.31. The maximum Gasteiger partial charge on any atom is 0.262 e. The molecule has 1 saturated heterocycles. The van der Waals surface area contributed by atoms with Crippen LogP contribution >= 0.6 is 23.2 Å². The largest absolute Gasteiger partial charge is 0.482 e. The van der Waals surface area contributed by atoms with Gasteiger partial charge in [-0.15, -0.1) is 0 Å². The molecule has 0 bridgehead atoms. The first-order valence-corrected chi connectivity index (χ1v) is 9.11. The monoisotopic (exact) mass is 378 g/mol. The molecule has 0 atom stereocenters. The van der Waals surface area contributed by atoms with E-state index in [9.17, 15) is 4.79 Å². The van der Waals surface area contributed by atoms with E-state index < -0.39 is 0 Å². The number of ether oxygens (including phenoxy) is 1. The lowest BCUT2D eigenvalue weighted by Gasteiger charge is -2.28. The lowest BCUT2D eigenvalue weighted by molar-refractivity contribution is -0.118. The van der Waals surface area contributed by atoms with Gasteiger partial charge in [-0.2, -0.15) is 0 Å². The number of nitrogens with zero attached hydrogens (tertiary/aromatic N) is 1. The summed E-state index contributed by atoms with van der Waals surface area (Å²) < 4.78 is 5.43. The van der Waals surface area contributed by atoms with Crippen molar-refractivity contribution in [2.75, 3.05) is 29.9 Å². The van der Waals surface area contributed by atoms with Gasteiger partial charge in [0.1, 0.15) is 10.8 Å². The maximum absolute atomic E-state index is 12.0. The average Bonchev–Trinajstić information content (AvgIpc) is 2.64. The fourth-order valence-electron chi connectivity index (χ4n) is 2.84. The van der Waals surface area contributed by atoms with E-state index in [1.165, 1.54) is 24.9 Å². The minimum atomic E-state index is -0.248. The Bertz CT molecular complexity index is 729. The molecule has 0 saturated carbocycles. The van der Waals surface area contributed by atoms with Crippen LogP contribution in [0.5, 0.6) is 5.75 Å². The van der Waals surface area contributed by atoms with Gasteiger partial charge < -0.3 is 15.0 Å². The second-order valence-electron chi connectivity index (χ2n) is 5.98. The first-order chi connectivity index (χ1) is 12.1. The number of hydrogen-bond acceptors (Lipinski definition) is 3. The molecule has 0 aromatic heterocycles. The molecule has 1 amide bonds. The molecular weight excluding hydrogens is 359 g/mol. The minimum absolute atomic E-state index is 0.131. The van der Waals surface area contributed by atoms with E-state index in [0.717, 1.165) is 18.8 Å². The Hall–Kier alpha value is -1.91. The van der Waals surface area contributed by atoms with Crippen molar-refractivity contribution >= 4 is 40.5 Å². The van der Waals surface area contributed by atoms with Gasteiger partial charge in [-0.25, -0.2) is 0 Å². The number of halogens is 2. The highest BCUT2D eigenvalue weighted by Gasteiger charge is 2.11. The number of piperidine rings is 1. The topological polar surface area (TPSA) is 41.6 Å². The fraction of sp³-hybridized carbons (Fsp3) is 0.316. The second kappa shape index (κ2) is 8.45. The molecule has 3 rings (SSSR count). The Kier molecular flexibility index (Phi) is 6.05. The smallest absolute Gasteiger partial charge is 0.262 e. The van der Waals surface area contributed by atoms with Crippen molar-refractivity contribution in [3.05, 3.63) is 52.5 Å². The van der Waals surface area contributed by atoms with Crippen LogP contribution in [0, 0.1) is 0 Å². The van der Waals surface area contributed by atoms with Gasteiger partial charge in [0.2, 0.25) is 0 Å². The Morgan fingerprint density at radius 1 is 1.04 bits per heavy atom. The quantitative estimate of drug-likeness (QED) is 0.795. The molecule has 2 aromatic rings. The molecule has 0 radical (unpaired) electrons. The summed E-state index contributed by atoms with van der Waals surface area (Å²) in [7, 11) is 0. The Labute approximate surface area is 157 Å². The number of amides is 1. The van der Waals surface area contributed by atoms with Gasteiger partial charge in [-0.3, -0.25) is 4.79 Å². The summed E-state index contributed by atoms with van der Waals surface area (Å²) >= 11 is 12.0. The number of nitrogens with one attached hydrogen (secondary N) is 1. The van der Waals surface area contributed by atoms with Crippen molar-refractivity contribution in [3.8, 4) is 5.75 Å². The van der Waals surface area contributed by atoms with Crippen LogP contribution in [-0.4, -0.2) is 25.6 Å². The third-order valence-electron chi connectivity index (χ3n) is 4.15. The van der Waals surface area contributed by atoms with Gasteiger partial charge >= 0.3 is 0 Å². The van der Waals surface area contributed by atoms with E-state index in [4.69, 9.17) is 27.9 Å². The average molecular weight is 379 g/mol. The zero-order valence-electron chi connectivity index (χ0n) is 13.8. The van der Waals surface area contributed by atoms with Crippen molar-refractivity contribution in [1.82, 2.24) is 0 Å². The SMILES string of the molecule is O=C(COc1cccc(Cl)c1Cl)Nc1ccc(N2CCCCC2)cc1. The van der Waals surface area contributed by atoms with Gasteiger partial charge in [0, 0.05) is 24.5 Å². The van der Waals surface area contributed by atoms with Crippen molar-refractivity contribution in [2.24, 2.45) is 0 Å². The second-order valence-corrected chi connectivity index (χ2v) is 6.77. The number of carbonyl (C=O) groups is 1. The molecular formula is C19H20Cl2N2O2. The highest BCUT2D eigenvalue weighted by molar-refractivity contribution is 6.42. The molecule has 0 aliphatic carbocycles. The van der Waals surface area contributed by atoms with Crippen molar-refractivity contribution in [2.45, 2.75) is 19.3 Å². The van der Waals surface area contributed by atoms with Crippen LogP contribution in [0.3, 0.4) is 0 Å². The summed E-state index contributed by atoms with van der Waals surface area (Å²) in [6.07, 6.45) is 3.78. The molecule has 0 spiro atoms. The zero-order chi connectivity index (χ0) is 17.6. The van der Waals surface area contributed by atoms with E-state index in [1.54, 1.807) is 18.2 Å². The van der Waals surface area contributed by atoms with Crippen molar-refractivity contribution in [3.63, 3.8) is 0 Å². The number of benzene rings is 2. The maximum atomic E-state index is 12.0. The normalized spacial score (nSPS) is 14.2. The predicted molar refractivity (Wildman–Crippen MR) is 103 cm³/mol. The van der Waals surface area contributed by atoms with Crippen LogP contribution in [0.25, 0.3) is 0 Å². The molecule has 1 aliphatic rings. The first kappa shape index (κ1) is 17.9. The summed E-state index contributed by atoms with van der Waals surface area (Å²) in [6, 6.07) is 13.0. The Morgan fingerprint density at radius 2 is 1.76 bits per heavy atom. The van der Waals surface area contributed by atoms with E-state index in [1.807, 2.05) is 24.3 Å². The summed E-state index contributed by atoms with van der Waals surface area (Å²) in [5.41, 5.74) is 1.94. The highest BCUT2D eigenvalue weighted by atomic mass is 35.5. The summed E-state index contributed by atoms with van der Waals surface area (Å²) in [4.78, 5) is 14.4. The van der Waals surface area contributed by atoms with Crippen LogP contribution in [0.4, 0.5) is 11.4 Å². The zero-order valence-corrected chi connectivity index (χ0v) is 15.3. The van der Waals surface area contributed by atoms with Gasteiger partial charge in [0.15, 0.2) is 6.61 Å². The molecule has 2 aromatic carbocycles. The number of anilines is 2. The third kappa shape index (κ3) is 4.80. The predicted octanol–water partition coefficient (Wildman–Crippen LogP) is 5.00. The van der Waals surface area contributed by atoms with Gasteiger partial charge in [0.05, 0.1) is 5.02 Å². The summed E-state index contributed by atoms with van der Waals surface area (Å²) in [5, 5.41) is 3.52. The Morgan fingerprint density at radius 3 is 2.48 bits per heavy atom. The van der Waals surface area contributed by atoms with Crippen LogP contribution in [0.1, 0.15) is 19.3 Å². The molecule has 132 valence electrons. The third-order valence-corrected chi connectivity index (χ3v) is 4.95. The summed E-state index contributed by atoms with van der Waals surface area (Å²) in [6.45, 7) is 2.06. The molecule has 0 unspecified atom stereocenters. The number of rotatable bonds is 5. The molecule has 1 aliphatic heterocycles. The van der Waals surface area contributed by atoms with E-state index in [2.05, 4.69) is 10.2 Å². The van der Waals surface area contributed by atoms with Gasteiger partial charge in [-0.1, -0.05) is 29.3 Å². The molecule has 1 heterocycles. The van der Waals surface area contributed by atoms with Gasteiger partial charge in [0.25, 0.3) is 5.91 Å². The van der Waals surface area contributed by atoms with Crippen LogP contribution in [-0.2, 0) is 4.79 Å². The number of carbonyl (C=O) groups excluding carboxylic acids is 1. The van der Waals surface area contributed by atoms with Gasteiger partial charge in [-0.05, 0) is 55.7 Å². The molecule has 4 nitrogen and oxygen atoms in total. The standard InChI is InChI=1S/C19H20Cl2N2O2/c20-16-5-4-6-17(19(16)21)25-13-18(24)22-14-7-9-15(10-8-14)23-11-2-1-3-12-23/h4-10H,1-3,11-13H2,(H,22,24). The molecule has 25 heavy (non-hydrogen) atoms. The van der Waals surface area contributed by atoms with Crippen LogP contribution in [0.15, 0.2) is 42.5 Å². The lowest BCUT2D eigenvalue weighted by Crippen LogP contribution is -2.29. The molecule has 1 fully saturated rings. The van der Waals surface area contributed by atoms with E-state index in [0.29, 0.717) is 15.8 Å². The molecule has 1 N–H and O–H groups in total. The lowest BCUT2D eigenvalue weighted by atomic mass is 10.1. The van der Waals surface area contributed by atoms with E-state index in [-0.39, 0.29) is 12.5 Å². The molecule has 6 heteroatoms. The van der Waals surface area contributed by atoms with Crippen molar-refractivity contribution in [1.29, 1.82) is 0 Å². The minimum Gasteiger partial charge on any atom is -0.482 e. The van der Waals surface area contributed by atoms with Crippen LogP contribution < -0.4 is 15.0 Å².